The van der Waals surface area contributed by atoms with Gasteiger partial charge in [0.25, 0.3) is 0 Å². The summed E-state index contributed by atoms with van der Waals surface area (Å²) < 4.78 is 2.18. The number of para-hydroxylation sites is 1. The minimum absolute atomic E-state index is 0.0814. The lowest BCUT2D eigenvalue weighted by atomic mass is 10.0. The van der Waals surface area contributed by atoms with E-state index in [1.54, 1.807) is 11.8 Å². The Hall–Kier alpha value is -3.06. The molecule has 7 heteroatoms. The van der Waals surface area contributed by atoms with Crippen LogP contribution in [0.2, 0.25) is 0 Å². The molecule has 1 aliphatic rings. The van der Waals surface area contributed by atoms with Crippen LogP contribution in [0.5, 0.6) is 0 Å². The van der Waals surface area contributed by atoms with Crippen LogP contribution in [-0.4, -0.2) is 45.2 Å². The average Bonchev–Trinajstić information content (AvgIpc) is 3.32. The topological polar surface area (TPSA) is 67.2 Å². The van der Waals surface area contributed by atoms with Crippen LogP contribution < -0.4 is 5.32 Å². The van der Waals surface area contributed by atoms with Crippen molar-refractivity contribution in [1.29, 1.82) is 0 Å². The predicted octanol–water partition coefficient (Wildman–Crippen LogP) is 4.31. The molecule has 0 spiro atoms. The molecule has 154 valence electrons. The van der Waals surface area contributed by atoms with E-state index in [0.717, 1.165) is 22.1 Å². The van der Waals surface area contributed by atoms with Gasteiger partial charge in [0.15, 0.2) is 5.16 Å². The van der Waals surface area contributed by atoms with Crippen molar-refractivity contribution in [1.82, 2.24) is 19.8 Å². The van der Waals surface area contributed by atoms with Gasteiger partial charge in [-0.15, -0.1) is 0 Å². The van der Waals surface area contributed by atoms with Gasteiger partial charge < -0.3 is 5.32 Å². The molecule has 0 aliphatic carbocycles. The van der Waals surface area contributed by atoms with Crippen LogP contribution in [0.3, 0.4) is 0 Å². The summed E-state index contributed by atoms with van der Waals surface area (Å²) in [6.45, 7) is 4.80. The summed E-state index contributed by atoms with van der Waals surface area (Å²) in [4.78, 5) is 29.6. The molecule has 3 aromatic rings. The number of carbonyl (C=O) groups excluding carboxylic acids is 2. The molecular formula is C23H24N4O2S. The van der Waals surface area contributed by atoms with Gasteiger partial charge in [-0.3, -0.25) is 14.3 Å². The van der Waals surface area contributed by atoms with Crippen LogP contribution in [0.15, 0.2) is 66.0 Å². The number of thioether (sulfide) groups is 1. The van der Waals surface area contributed by atoms with Crippen LogP contribution in [0.25, 0.3) is 16.9 Å². The number of nitrogens with zero attached hydrogens (tertiary/aromatic N) is 3. The summed E-state index contributed by atoms with van der Waals surface area (Å²) in [6, 6.07) is 18.2. The second-order valence-electron chi connectivity index (χ2n) is 7.39. The first-order valence-electron chi connectivity index (χ1n) is 9.99. The highest BCUT2D eigenvalue weighted by Crippen LogP contribution is 2.33. The van der Waals surface area contributed by atoms with Gasteiger partial charge in [0.1, 0.15) is 0 Å². The number of benzene rings is 2. The fourth-order valence-electron chi connectivity index (χ4n) is 3.57. The van der Waals surface area contributed by atoms with E-state index < -0.39 is 0 Å². The lowest BCUT2D eigenvalue weighted by Gasteiger charge is -2.18. The standard InChI is InChI=1S/C23H24N4O2S/c1-16(2)18-10-6-7-11-19(18)27-20(17-8-4-3-5-9-17)14-25-23(27)30-13-12-26-21(28)15-24-22(26)29/h3-11,14,16H,12-13,15H2,1-2H3,(H,24,29). The van der Waals surface area contributed by atoms with E-state index in [-0.39, 0.29) is 18.5 Å². The summed E-state index contributed by atoms with van der Waals surface area (Å²) in [5.41, 5.74) is 4.44. The predicted molar refractivity (Wildman–Crippen MR) is 119 cm³/mol. The molecule has 0 unspecified atom stereocenters. The summed E-state index contributed by atoms with van der Waals surface area (Å²) in [5.74, 6) is 0.754. The summed E-state index contributed by atoms with van der Waals surface area (Å²) >= 11 is 1.55. The van der Waals surface area contributed by atoms with E-state index in [2.05, 4.69) is 54.1 Å². The zero-order valence-electron chi connectivity index (χ0n) is 17.0. The Balaban J connectivity index is 1.69. The second kappa shape index (κ2) is 8.75. The Kier molecular flexibility index (Phi) is 5.90. The maximum absolute atomic E-state index is 11.8. The molecule has 1 aromatic heterocycles. The highest BCUT2D eigenvalue weighted by atomic mass is 32.2. The van der Waals surface area contributed by atoms with Crippen molar-refractivity contribution < 1.29 is 9.59 Å². The van der Waals surface area contributed by atoms with Crippen LogP contribution in [-0.2, 0) is 4.79 Å². The Morgan fingerprint density at radius 3 is 2.50 bits per heavy atom. The summed E-state index contributed by atoms with van der Waals surface area (Å²) in [5, 5.41) is 3.40. The third kappa shape index (κ3) is 3.98. The number of urea groups is 1. The number of nitrogens with one attached hydrogen (secondary N) is 1. The third-order valence-electron chi connectivity index (χ3n) is 5.08. The maximum Gasteiger partial charge on any atom is 0.324 e. The maximum atomic E-state index is 11.8. The van der Waals surface area contributed by atoms with E-state index in [9.17, 15) is 9.59 Å². The smallest absolute Gasteiger partial charge is 0.324 e. The largest absolute Gasteiger partial charge is 0.329 e. The van der Waals surface area contributed by atoms with Gasteiger partial charge in [0.05, 0.1) is 24.1 Å². The molecule has 3 amide bonds. The van der Waals surface area contributed by atoms with E-state index in [1.165, 1.54) is 10.5 Å². The Morgan fingerprint density at radius 2 is 1.80 bits per heavy atom. The van der Waals surface area contributed by atoms with Crippen molar-refractivity contribution in [2.75, 3.05) is 18.8 Å². The third-order valence-corrected chi connectivity index (χ3v) is 6.01. The van der Waals surface area contributed by atoms with Crippen molar-refractivity contribution in [3.63, 3.8) is 0 Å². The number of hydrogen-bond acceptors (Lipinski definition) is 4. The lowest BCUT2D eigenvalue weighted by molar-refractivity contribution is -0.124. The normalized spacial score (nSPS) is 13.9. The van der Waals surface area contributed by atoms with E-state index in [4.69, 9.17) is 4.98 Å². The van der Waals surface area contributed by atoms with Crippen molar-refractivity contribution in [2.45, 2.75) is 24.9 Å². The fraction of sp³-hybridized carbons (Fsp3) is 0.261. The van der Waals surface area contributed by atoms with Gasteiger partial charge in [-0.25, -0.2) is 9.78 Å². The van der Waals surface area contributed by atoms with Crippen molar-refractivity contribution in [3.8, 4) is 16.9 Å². The molecule has 0 atom stereocenters. The zero-order chi connectivity index (χ0) is 21.1. The van der Waals surface area contributed by atoms with Crippen molar-refractivity contribution in [2.24, 2.45) is 0 Å². The molecule has 1 fully saturated rings. The van der Waals surface area contributed by atoms with Crippen LogP contribution in [0, 0.1) is 0 Å². The van der Waals surface area contributed by atoms with Gasteiger partial charge in [-0.1, -0.05) is 74.1 Å². The fourth-order valence-corrected chi connectivity index (χ4v) is 4.48. The first kappa shape index (κ1) is 20.2. The van der Waals surface area contributed by atoms with Gasteiger partial charge in [-0.05, 0) is 17.5 Å². The minimum atomic E-state index is -0.320. The molecule has 0 radical (unpaired) electrons. The summed E-state index contributed by atoms with van der Waals surface area (Å²) in [6.07, 6.45) is 1.89. The van der Waals surface area contributed by atoms with Gasteiger partial charge in [0, 0.05) is 17.9 Å². The highest BCUT2D eigenvalue weighted by molar-refractivity contribution is 7.99. The van der Waals surface area contributed by atoms with Crippen LogP contribution in [0.4, 0.5) is 4.79 Å². The zero-order valence-corrected chi connectivity index (χ0v) is 17.9. The quantitative estimate of drug-likeness (QED) is 0.457. The monoisotopic (exact) mass is 420 g/mol. The molecule has 1 saturated heterocycles. The molecule has 0 saturated carbocycles. The molecular weight excluding hydrogens is 396 g/mol. The van der Waals surface area contributed by atoms with Crippen molar-refractivity contribution in [3.05, 3.63) is 66.4 Å². The van der Waals surface area contributed by atoms with Gasteiger partial charge in [-0.2, -0.15) is 0 Å². The first-order chi connectivity index (χ1) is 14.6. The van der Waals surface area contributed by atoms with E-state index >= 15 is 0 Å². The second-order valence-corrected chi connectivity index (χ2v) is 8.46. The number of hydrogen-bond donors (Lipinski definition) is 1. The molecule has 4 rings (SSSR count). The first-order valence-corrected chi connectivity index (χ1v) is 11.0. The van der Waals surface area contributed by atoms with Crippen LogP contribution in [0.1, 0.15) is 25.3 Å². The molecule has 2 aromatic carbocycles. The number of imidazole rings is 1. The van der Waals surface area contributed by atoms with Crippen molar-refractivity contribution >= 4 is 23.7 Å². The number of imide groups is 1. The highest BCUT2D eigenvalue weighted by Gasteiger charge is 2.28. The lowest BCUT2D eigenvalue weighted by Crippen LogP contribution is -2.32. The van der Waals surface area contributed by atoms with Crippen LogP contribution >= 0.6 is 11.8 Å². The van der Waals surface area contributed by atoms with E-state index in [1.807, 2.05) is 30.5 Å². The molecule has 1 N–H and O–H groups in total. The van der Waals surface area contributed by atoms with Gasteiger partial charge in [0.2, 0.25) is 5.91 Å². The molecule has 6 nitrogen and oxygen atoms in total. The number of carbonyl (C=O) groups is 2. The van der Waals surface area contributed by atoms with E-state index in [0.29, 0.717) is 18.2 Å². The Morgan fingerprint density at radius 1 is 1.07 bits per heavy atom. The number of amides is 3. The Labute approximate surface area is 180 Å². The SMILES string of the molecule is CC(C)c1ccccc1-n1c(-c2ccccc2)cnc1SCCN1C(=O)CNC1=O. The molecule has 1 aliphatic heterocycles. The average molecular weight is 421 g/mol. The molecule has 2 heterocycles. The summed E-state index contributed by atoms with van der Waals surface area (Å²) in [7, 11) is 0. The number of rotatable bonds is 7. The molecule has 0 bridgehead atoms. The minimum Gasteiger partial charge on any atom is -0.329 e. The molecule has 30 heavy (non-hydrogen) atoms. The van der Waals surface area contributed by atoms with Gasteiger partial charge >= 0.3 is 6.03 Å². The number of aromatic nitrogens is 2. The Bertz CT molecular complexity index is 1050.